The van der Waals surface area contributed by atoms with E-state index in [1.165, 1.54) is 5.56 Å². The van der Waals surface area contributed by atoms with Crippen LogP contribution in [0, 0.1) is 6.92 Å². The van der Waals surface area contributed by atoms with Crippen LogP contribution in [0.4, 0.5) is 5.69 Å². The number of aromatic nitrogens is 2. The molecule has 0 radical (unpaired) electrons. The average molecular weight is 390 g/mol. The summed E-state index contributed by atoms with van der Waals surface area (Å²) in [6.07, 6.45) is 4.05. The number of amides is 2. The fraction of sp³-hybridized carbons (Fsp3) is 0.227. The summed E-state index contributed by atoms with van der Waals surface area (Å²) in [5, 5.41) is 12.4. The molecule has 1 aliphatic carbocycles. The lowest BCUT2D eigenvalue weighted by molar-refractivity contribution is -0.136. The summed E-state index contributed by atoms with van der Waals surface area (Å²) < 4.78 is 5.87. The monoisotopic (exact) mass is 390 g/mol. The van der Waals surface area contributed by atoms with E-state index in [-0.39, 0.29) is 6.04 Å². The third kappa shape index (κ3) is 4.45. The molecule has 1 aromatic heterocycles. The highest BCUT2D eigenvalue weighted by atomic mass is 16.5. The molecule has 4 rings (SSSR count). The van der Waals surface area contributed by atoms with Crippen LogP contribution in [0.1, 0.15) is 23.2 Å². The Labute approximate surface area is 168 Å². The van der Waals surface area contributed by atoms with Crippen LogP contribution in [-0.4, -0.2) is 28.1 Å². The lowest BCUT2D eigenvalue weighted by Gasteiger charge is -2.22. The van der Waals surface area contributed by atoms with Gasteiger partial charge in [-0.15, -0.1) is 0 Å². The minimum atomic E-state index is -0.722. The molecule has 2 aromatic carbocycles. The van der Waals surface area contributed by atoms with Crippen LogP contribution in [0.5, 0.6) is 11.5 Å². The number of aryl methyl sites for hydroxylation is 2. The molecule has 3 aromatic rings. The van der Waals surface area contributed by atoms with E-state index in [0.717, 1.165) is 24.1 Å². The quantitative estimate of drug-likeness (QED) is 0.597. The maximum absolute atomic E-state index is 12.4. The fourth-order valence-electron chi connectivity index (χ4n) is 3.35. The predicted molar refractivity (Wildman–Crippen MR) is 109 cm³/mol. The van der Waals surface area contributed by atoms with Crippen LogP contribution in [0.15, 0.2) is 54.7 Å². The maximum Gasteiger partial charge on any atom is 0.313 e. The zero-order valence-corrected chi connectivity index (χ0v) is 16.1. The van der Waals surface area contributed by atoms with E-state index in [9.17, 15) is 9.59 Å². The van der Waals surface area contributed by atoms with Gasteiger partial charge in [-0.05, 0) is 49.6 Å². The second kappa shape index (κ2) is 8.18. The number of ether oxygens (including phenoxy) is 1. The van der Waals surface area contributed by atoms with Crippen LogP contribution >= 0.6 is 0 Å². The second-order valence-corrected chi connectivity index (χ2v) is 7.15. The summed E-state index contributed by atoms with van der Waals surface area (Å²) in [4.78, 5) is 24.8. The van der Waals surface area contributed by atoms with Crippen LogP contribution in [-0.2, 0) is 22.4 Å². The molecule has 7 nitrogen and oxygen atoms in total. The number of carbonyl (C=O) groups excluding carboxylic acids is 2. The van der Waals surface area contributed by atoms with Crippen molar-refractivity contribution >= 4 is 17.5 Å². The van der Waals surface area contributed by atoms with Gasteiger partial charge >= 0.3 is 11.8 Å². The summed E-state index contributed by atoms with van der Waals surface area (Å²) in [6.45, 7) is 2.00. The number of hydrogen-bond acceptors (Lipinski definition) is 4. The molecular weight excluding hydrogens is 368 g/mol. The fourth-order valence-corrected chi connectivity index (χ4v) is 3.35. The predicted octanol–water partition coefficient (Wildman–Crippen LogP) is 3.12. The van der Waals surface area contributed by atoms with Gasteiger partial charge in [-0.2, -0.15) is 5.10 Å². The van der Waals surface area contributed by atoms with Crippen LogP contribution < -0.4 is 15.4 Å². The number of nitrogens with one attached hydrogen (secondary N) is 3. The van der Waals surface area contributed by atoms with Gasteiger partial charge < -0.3 is 15.4 Å². The molecule has 0 aliphatic heterocycles. The number of H-pyrrole nitrogens is 1. The molecule has 3 N–H and O–H groups in total. The SMILES string of the molecule is Cc1ccc(Oc2ccccc2NC(=O)C(=O)N[C@H]2CCc3cn[nH]c3C2)cc1. The first-order chi connectivity index (χ1) is 14.1. The Balaban J connectivity index is 1.39. The topological polar surface area (TPSA) is 96.1 Å². The lowest BCUT2D eigenvalue weighted by atomic mass is 9.94. The largest absolute Gasteiger partial charge is 0.455 e. The van der Waals surface area contributed by atoms with E-state index < -0.39 is 11.8 Å². The normalized spacial score (nSPS) is 15.3. The van der Waals surface area contributed by atoms with Gasteiger partial charge in [-0.3, -0.25) is 14.7 Å². The zero-order chi connectivity index (χ0) is 20.2. The van der Waals surface area contributed by atoms with Crippen molar-refractivity contribution in [1.29, 1.82) is 0 Å². The van der Waals surface area contributed by atoms with Gasteiger partial charge in [0.1, 0.15) is 5.75 Å². The first-order valence-corrected chi connectivity index (χ1v) is 9.55. The molecule has 1 aliphatic rings. The van der Waals surface area contributed by atoms with E-state index in [0.29, 0.717) is 23.6 Å². The Morgan fingerprint density at radius 2 is 1.90 bits per heavy atom. The summed E-state index contributed by atoms with van der Waals surface area (Å²) >= 11 is 0. The highest BCUT2D eigenvalue weighted by Crippen LogP contribution is 2.29. The molecule has 148 valence electrons. The van der Waals surface area contributed by atoms with E-state index in [2.05, 4.69) is 20.8 Å². The van der Waals surface area contributed by atoms with E-state index in [1.807, 2.05) is 43.5 Å². The van der Waals surface area contributed by atoms with Gasteiger partial charge in [0, 0.05) is 18.2 Å². The number of aromatic amines is 1. The lowest BCUT2D eigenvalue weighted by Crippen LogP contribution is -2.44. The summed E-state index contributed by atoms with van der Waals surface area (Å²) in [5.41, 5.74) is 3.74. The van der Waals surface area contributed by atoms with Crippen molar-refractivity contribution in [3.8, 4) is 11.5 Å². The standard InChI is InChI=1S/C22H22N4O3/c1-14-6-10-17(11-7-14)29-20-5-3-2-4-18(20)25-22(28)21(27)24-16-9-8-15-13-23-26-19(15)12-16/h2-7,10-11,13,16H,8-9,12H2,1H3,(H,23,26)(H,24,27)(H,25,28)/t16-/m0/s1. The molecule has 1 heterocycles. The molecule has 0 saturated heterocycles. The Morgan fingerprint density at radius 1 is 1.10 bits per heavy atom. The van der Waals surface area contributed by atoms with E-state index in [1.54, 1.807) is 18.2 Å². The van der Waals surface area contributed by atoms with Crippen LogP contribution in [0.2, 0.25) is 0 Å². The molecule has 0 spiro atoms. The number of rotatable bonds is 4. The van der Waals surface area contributed by atoms with Crippen molar-refractivity contribution in [3.05, 3.63) is 71.5 Å². The van der Waals surface area contributed by atoms with Gasteiger partial charge in [0.2, 0.25) is 0 Å². The number of carbonyl (C=O) groups is 2. The van der Waals surface area contributed by atoms with Crippen LogP contribution in [0.25, 0.3) is 0 Å². The number of anilines is 1. The van der Waals surface area contributed by atoms with Crippen molar-refractivity contribution in [2.24, 2.45) is 0 Å². The molecule has 0 fully saturated rings. The summed E-state index contributed by atoms with van der Waals surface area (Å²) in [6, 6.07) is 14.5. The highest BCUT2D eigenvalue weighted by molar-refractivity contribution is 6.39. The molecule has 0 unspecified atom stereocenters. The third-order valence-corrected chi connectivity index (χ3v) is 4.95. The van der Waals surface area contributed by atoms with Gasteiger partial charge in [0.05, 0.1) is 11.9 Å². The van der Waals surface area contributed by atoms with Crippen molar-refractivity contribution in [3.63, 3.8) is 0 Å². The molecule has 1 atom stereocenters. The molecule has 2 amide bonds. The van der Waals surface area contributed by atoms with Crippen LogP contribution in [0.3, 0.4) is 0 Å². The summed E-state index contributed by atoms with van der Waals surface area (Å²) in [5.74, 6) is -0.264. The number of nitrogens with zero attached hydrogens (tertiary/aromatic N) is 1. The van der Waals surface area contributed by atoms with Crippen molar-refractivity contribution < 1.29 is 14.3 Å². The maximum atomic E-state index is 12.4. The Morgan fingerprint density at radius 3 is 2.72 bits per heavy atom. The Hall–Kier alpha value is -3.61. The molecule has 7 heteroatoms. The number of para-hydroxylation sites is 2. The first kappa shape index (κ1) is 18.7. The number of benzene rings is 2. The smallest absolute Gasteiger partial charge is 0.313 e. The molecule has 0 bridgehead atoms. The molecular formula is C22H22N4O3. The second-order valence-electron chi connectivity index (χ2n) is 7.15. The van der Waals surface area contributed by atoms with Gasteiger partial charge in [-0.1, -0.05) is 29.8 Å². The average Bonchev–Trinajstić information content (AvgIpc) is 3.19. The number of hydrogen-bond donors (Lipinski definition) is 3. The van der Waals surface area contributed by atoms with Crippen molar-refractivity contribution in [1.82, 2.24) is 15.5 Å². The molecule has 29 heavy (non-hydrogen) atoms. The van der Waals surface area contributed by atoms with E-state index in [4.69, 9.17) is 4.74 Å². The minimum Gasteiger partial charge on any atom is -0.455 e. The minimum absolute atomic E-state index is 0.0970. The Kier molecular flexibility index (Phi) is 5.29. The highest BCUT2D eigenvalue weighted by Gasteiger charge is 2.24. The van der Waals surface area contributed by atoms with Crippen molar-refractivity contribution in [2.45, 2.75) is 32.2 Å². The van der Waals surface area contributed by atoms with E-state index >= 15 is 0 Å². The van der Waals surface area contributed by atoms with Crippen molar-refractivity contribution in [2.75, 3.05) is 5.32 Å². The Bertz CT molecular complexity index is 1030. The van der Waals surface area contributed by atoms with Gasteiger partial charge in [0.25, 0.3) is 0 Å². The number of fused-ring (bicyclic) bond motifs is 1. The molecule has 0 saturated carbocycles. The van der Waals surface area contributed by atoms with Gasteiger partial charge in [0.15, 0.2) is 5.75 Å². The first-order valence-electron chi connectivity index (χ1n) is 9.55. The third-order valence-electron chi connectivity index (χ3n) is 4.95. The summed E-state index contributed by atoms with van der Waals surface area (Å²) in [7, 11) is 0. The van der Waals surface area contributed by atoms with Gasteiger partial charge in [-0.25, -0.2) is 0 Å². The zero-order valence-electron chi connectivity index (χ0n) is 16.1.